The second kappa shape index (κ2) is 8.55. The van der Waals surface area contributed by atoms with Gasteiger partial charge in [-0.15, -0.1) is 0 Å². The number of para-hydroxylation sites is 2. The number of hydrogen-bond donors (Lipinski definition) is 3. The number of methoxy groups -OCH3 is 2. The second-order valence-corrected chi connectivity index (χ2v) is 6.32. The number of H-pyrrole nitrogens is 1. The van der Waals surface area contributed by atoms with E-state index in [2.05, 4.69) is 15.6 Å². The fraction of sp³-hybridized carbons (Fsp3) is 0.200. The zero-order valence-electron chi connectivity index (χ0n) is 15.2. The molecule has 3 aromatic rings. The van der Waals surface area contributed by atoms with Crippen LogP contribution in [0.2, 0.25) is 0 Å². The van der Waals surface area contributed by atoms with Gasteiger partial charge in [-0.05, 0) is 54.4 Å². The maximum Gasteiger partial charge on any atom is 0.251 e. The number of nitrogens with one attached hydrogen (secondary N) is 3. The normalized spacial score (nSPS) is 10.4. The minimum atomic E-state index is -0.110. The second-order valence-electron chi connectivity index (χ2n) is 5.91. The van der Waals surface area contributed by atoms with Crippen molar-refractivity contribution in [3.05, 3.63) is 64.4 Å². The number of rotatable bonds is 6. The standard InChI is InChI=1S/C20H21N3O3S/c1-25-15-8-7-13-11-14(19(24)22-17(13)12-15)9-10-21-20(27)23-16-5-3-4-6-18(16)26-2/h3-8,11-12H,9-10H2,1-2H3,(H,22,24)(H2,21,23,27). The van der Waals surface area contributed by atoms with Gasteiger partial charge in [0, 0.05) is 18.2 Å². The fourth-order valence-electron chi connectivity index (χ4n) is 2.76. The van der Waals surface area contributed by atoms with Gasteiger partial charge in [0.25, 0.3) is 5.56 Å². The van der Waals surface area contributed by atoms with E-state index < -0.39 is 0 Å². The molecule has 0 radical (unpaired) electrons. The summed E-state index contributed by atoms with van der Waals surface area (Å²) in [5.41, 5.74) is 2.13. The minimum absolute atomic E-state index is 0.110. The molecule has 0 amide bonds. The molecule has 0 saturated carbocycles. The molecule has 0 aliphatic rings. The van der Waals surface area contributed by atoms with Crippen LogP contribution in [0.15, 0.2) is 53.3 Å². The first-order valence-corrected chi connectivity index (χ1v) is 8.89. The summed E-state index contributed by atoms with van der Waals surface area (Å²) in [5.74, 6) is 1.42. The molecule has 0 bridgehead atoms. The van der Waals surface area contributed by atoms with Crippen molar-refractivity contribution in [2.24, 2.45) is 0 Å². The first kappa shape index (κ1) is 18.7. The van der Waals surface area contributed by atoms with Gasteiger partial charge in [-0.3, -0.25) is 4.79 Å². The summed E-state index contributed by atoms with van der Waals surface area (Å²) in [6, 6.07) is 15.0. The Hall–Kier alpha value is -3.06. The van der Waals surface area contributed by atoms with Crippen LogP contribution < -0.4 is 25.7 Å². The number of anilines is 1. The molecule has 0 atom stereocenters. The van der Waals surface area contributed by atoms with Crippen molar-refractivity contribution >= 4 is 33.9 Å². The number of pyridine rings is 1. The van der Waals surface area contributed by atoms with Gasteiger partial charge in [0.1, 0.15) is 11.5 Å². The SMILES string of the molecule is COc1ccc2cc(CCNC(=S)Nc3ccccc3OC)c(=O)[nH]c2c1. The molecule has 0 unspecified atom stereocenters. The Morgan fingerprint density at radius 1 is 1.11 bits per heavy atom. The van der Waals surface area contributed by atoms with Crippen molar-refractivity contribution in [3.8, 4) is 11.5 Å². The van der Waals surface area contributed by atoms with Crippen molar-refractivity contribution in [1.82, 2.24) is 10.3 Å². The summed E-state index contributed by atoms with van der Waals surface area (Å²) in [6.45, 7) is 0.533. The van der Waals surface area contributed by atoms with Gasteiger partial charge in [-0.2, -0.15) is 0 Å². The van der Waals surface area contributed by atoms with Gasteiger partial charge in [-0.25, -0.2) is 0 Å². The Balaban J connectivity index is 1.62. The topological polar surface area (TPSA) is 75.4 Å². The molecule has 3 N–H and O–H groups in total. The summed E-state index contributed by atoms with van der Waals surface area (Å²) < 4.78 is 10.5. The number of fused-ring (bicyclic) bond motifs is 1. The zero-order valence-corrected chi connectivity index (χ0v) is 16.0. The van der Waals surface area contributed by atoms with E-state index in [0.717, 1.165) is 16.6 Å². The Morgan fingerprint density at radius 3 is 2.70 bits per heavy atom. The number of benzene rings is 2. The van der Waals surface area contributed by atoms with E-state index in [-0.39, 0.29) is 5.56 Å². The van der Waals surface area contributed by atoms with Gasteiger partial charge in [0.05, 0.1) is 25.4 Å². The average molecular weight is 383 g/mol. The van der Waals surface area contributed by atoms with Gasteiger partial charge in [0.2, 0.25) is 0 Å². The molecular formula is C20H21N3O3S. The van der Waals surface area contributed by atoms with Crippen LogP contribution in [0.1, 0.15) is 5.56 Å². The van der Waals surface area contributed by atoms with E-state index in [9.17, 15) is 4.79 Å². The Kier molecular flexibility index (Phi) is 5.93. The summed E-state index contributed by atoms with van der Waals surface area (Å²) in [4.78, 5) is 15.2. The monoisotopic (exact) mass is 383 g/mol. The number of aromatic amines is 1. The molecule has 1 aromatic heterocycles. The highest BCUT2D eigenvalue weighted by Gasteiger charge is 2.06. The van der Waals surface area contributed by atoms with E-state index in [1.165, 1.54) is 0 Å². The first-order chi connectivity index (χ1) is 13.1. The molecule has 0 fully saturated rings. The minimum Gasteiger partial charge on any atom is -0.497 e. The van der Waals surface area contributed by atoms with Gasteiger partial charge >= 0.3 is 0 Å². The number of aromatic nitrogens is 1. The first-order valence-electron chi connectivity index (χ1n) is 8.48. The van der Waals surface area contributed by atoms with Crippen molar-refractivity contribution in [2.45, 2.75) is 6.42 Å². The van der Waals surface area contributed by atoms with Crippen LogP contribution in [0.4, 0.5) is 5.69 Å². The molecule has 0 spiro atoms. The highest BCUT2D eigenvalue weighted by atomic mass is 32.1. The zero-order chi connectivity index (χ0) is 19.2. The molecule has 0 aliphatic carbocycles. The van der Waals surface area contributed by atoms with Gasteiger partial charge < -0.3 is 25.1 Å². The molecule has 140 valence electrons. The van der Waals surface area contributed by atoms with Crippen LogP contribution >= 0.6 is 12.2 Å². The van der Waals surface area contributed by atoms with E-state index in [1.807, 2.05) is 48.5 Å². The lowest BCUT2D eigenvalue weighted by Crippen LogP contribution is -2.31. The molecule has 1 heterocycles. The third-order valence-corrected chi connectivity index (χ3v) is 4.41. The van der Waals surface area contributed by atoms with E-state index in [1.54, 1.807) is 14.2 Å². The van der Waals surface area contributed by atoms with Crippen molar-refractivity contribution in [3.63, 3.8) is 0 Å². The summed E-state index contributed by atoms with van der Waals surface area (Å²) in [5, 5.41) is 7.65. The molecule has 3 rings (SSSR count). The van der Waals surface area contributed by atoms with E-state index in [0.29, 0.717) is 35.1 Å². The predicted molar refractivity (Wildman–Crippen MR) is 112 cm³/mol. The largest absolute Gasteiger partial charge is 0.497 e. The van der Waals surface area contributed by atoms with Crippen LogP contribution in [0.5, 0.6) is 11.5 Å². The maximum atomic E-state index is 12.3. The third kappa shape index (κ3) is 4.57. The lowest BCUT2D eigenvalue weighted by atomic mass is 10.1. The van der Waals surface area contributed by atoms with Crippen LogP contribution in [-0.2, 0) is 6.42 Å². The van der Waals surface area contributed by atoms with Crippen LogP contribution in [0.25, 0.3) is 10.9 Å². The van der Waals surface area contributed by atoms with Gasteiger partial charge in [-0.1, -0.05) is 12.1 Å². The van der Waals surface area contributed by atoms with E-state index in [4.69, 9.17) is 21.7 Å². The molecule has 27 heavy (non-hydrogen) atoms. The Labute approximate surface area is 162 Å². The van der Waals surface area contributed by atoms with Crippen molar-refractivity contribution < 1.29 is 9.47 Å². The maximum absolute atomic E-state index is 12.3. The molecule has 6 nitrogen and oxygen atoms in total. The lowest BCUT2D eigenvalue weighted by Gasteiger charge is -2.13. The number of ether oxygens (including phenoxy) is 2. The molecular weight excluding hydrogens is 362 g/mol. The summed E-state index contributed by atoms with van der Waals surface area (Å²) >= 11 is 5.32. The molecule has 2 aromatic carbocycles. The number of thiocarbonyl (C=S) groups is 1. The van der Waals surface area contributed by atoms with Crippen LogP contribution in [-0.4, -0.2) is 30.9 Å². The number of hydrogen-bond acceptors (Lipinski definition) is 4. The quantitative estimate of drug-likeness (QED) is 0.568. The van der Waals surface area contributed by atoms with Crippen LogP contribution in [0, 0.1) is 0 Å². The molecule has 0 saturated heterocycles. The van der Waals surface area contributed by atoms with E-state index >= 15 is 0 Å². The Bertz CT molecular complexity index is 1020. The summed E-state index contributed by atoms with van der Waals surface area (Å²) in [7, 11) is 3.21. The molecule has 7 heteroatoms. The lowest BCUT2D eigenvalue weighted by molar-refractivity contribution is 0.415. The highest BCUT2D eigenvalue weighted by molar-refractivity contribution is 7.80. The highest BCUT2D eigenvalue weighted by Crippen LogP contribution is 2.22. The average Bonchev–Trinajstić information content (AvgIpc) is 2.68. The van der Waals surface area contributed by atoms with Crippen LogP contribution in [0.3, 0.4) is 0 Å². The fourth-order valence-corrected chi connectivity index (χ4v) is 2.98. The van der Waals surface area contributed by atoms with Gasteiger partial charge in [0.15, 0.2) is 5.11 Å². The van der Waals surface area contributed by atoms with Crippen molar-refractivity contribution in [2.75, 3.05) is 26.1 Å². The third-order valence-electron chi connectivity index (χ3n) is 4.17. The molecule has 0 aliphatic heterocycles. The predicted octanol–water partition coefficient (Wildman–Crippen LogP) is 3.07. The Morgan fingerprint density at radius 2 is 1.93 bits per heavy atom. The smallest absolute Gasteiger partial charge is 0.251 e. The summed E-state index contributed by atoms with van der Waals surface area (Å²) in [6.07, 6.45) is 0.547. The van der Waals surface area contributed by atoms with Crippen molar-refractivity contribution in [1.29, 1.82) is 0 Å².